The van der Waals surface area contributed by atoms with E-state index in [0.29, 0.717) is 16.4 Å². The summed E-state index contributed by atoms with van der Waals surface area (Å²) in [5.41, 5.74) is -0.0311. The van der Waals surface area contributed by atoms with Gasteiger partial charge < -0.3 is 15.0 Å². The SMILES string of the molecule is COC(=O)c1c(NC(=O)C2(C)CC(=O)N=C3C=CC=CN32)sc(C)c1C. The zero-order valence-corrected chi connectivity index (χ0v) is 15.8. The van der Waals surface area contributed by atoms with Crippen LogP contribution in [0.1, 0.15) is 34.1 Å². The number of carbonyl (C=O) groups excluding carboxylic acids is 3. The largest absolute Gasteiger partial charge is 0.465 e. The maximum atomic E-state index is 13.1. The number of aliphatic imine (C=N–C) groups is 1. The second kappa shape index (κ2) is 6.53. The number of methoxy groups -OCH3 is 1. The second-order valence-corrected chi connectivity index (χ2v) is 7.54. The standard InChI is InChI=1S/C18H19N3O4S/c1-10-11(2)26-15(14(10)16(23)25-4)20-17(24)18(3)9-13(22)19-12-7-5-6-8-21(12)18/h5-8H,9H2,1-4H3,(H,20,24). The summed E-state index contributed by atoms with van der Waals surface area (Å²) in [5.74, 6) is -0.826. The number of hydrogen-bond acceptors (Lipinski definition) is 6. The first-order valence-electron chi connectivity index (χ1n) is 8.03. The maximum absolute atomic E-state index is 13.1. The predicted molar refractivity (Wildman–Crippen MR) is 99.3 cm³/mol. The molecular formula is C18H19N3O4S. The lowest BCUT2D eigenvalue weighted by Crippen LogP contribution is -2.58. The molecule has 1 aromatic heterocycles. The summed E-state index contributed by atoms with van der Waals surface area (Å²) in [6.07, 6.45) is 6.88. The molecule has 0 aromatic carbocycles. The first-order valence-corrected chi connectivity index (χ1v) is 8.85. The molecule has 3 heterocycles. The molecule has 2 aliphatic heterocycles. The zero-order valence-electron chi connectivity index (χ0n) is 15.0. The van der Waals surface area contributed by atoms with E-state index < -0.39 is 11.5 Å². The first kappa shape index (κ1) is 18.1. The van der Waals surface area contributed by atoms with Crippen LogP contribution in [0.3, 0.4) is 0 Å². The number of ether oxygens (including phenoxy) is 1. The molecule has 1 atom stereocenters. The summed E-state index contributed by atoms with van der Waals surface area (Å²) in [7, 11) is 1.30. The molecule has 0 bridgehead atoms. The Morgan fingerprint density at radius 3 is 2.77 bits per heavy atom. The van der Waals surface area contributed by atoms with E-state index in [-0.39, 0.29) is 18.2 Å². The average Bonchev–Trinajstić information content (AvgIpc) is 2.88. The number of esters is 1. The van der Waals surface area contributed by atoms with Crippen LogP contribution in [-0.2, 0) is 14.3 Å². The Morgan fingerprint density at radius 1 is 1.35 bits per heavy atom. The van der Waals surface area contributed by atoms with Crippen LogP contribution < -0.4 is 5.32 Å². The highest BCUT2D eigenvalue weighted by molar-refractivity contribution is 7.16. The van der Waals surface area contributed by atoms with Crippen molar-refractivity contribution in [3.63, 3.8) is 0 Å². The van der Waals surface area contributed by atoms with Crippen LogP contribution in [0.2, 0.25) is 0 Å². The fourth-order valence-electron chi connectivity index (χ4n) is 2.98. The van der Waals surface area contributed by atoms with Crippen LogP contribution >= 0.6 is 11.3 Å². The van der Waals surface area contributed by atoms with Gasteiger partial charge in [-0.2, -0.15) is 4.99 Å². The molecule has 0 radical (unpaired) electrons. The van der Waals surface area contributed by atoms with Gasteiger partial charge in [0.2, 0.25) is 0 Å². The smallest absolute Gasteiger partial charge is 0.341 e. The minimum atomic E-state index is -1.14. The highest BCUT2D eigenvalue weighted by Gasteiger charge is 2.45. The highest BCUT2D eigenvalue weighted by Crippen LogP contribution is 2.35. The van der Waals surface area contributed by atoms with Crippen LogP contribution in [-0.4, -0.2) is 41.2 Å². The predicted octanol–water partition coefficient (Wildman–Crippen LogP) is 2.56. The van der Waals surface area contributed by atoms with Crippen molar-refractivity contribution in [1.29, 1.82) is 0 Å². The van der Waals surface area contributed by atoms with E-state index in [2.05, 4.69) is 10.3 Å². The molecule has 0 saturated carbocycles. The molecule has 26 heavy (non-hydrogen) atoms. The van der Waals surface area contributed by atoms with Crippen LogP contribution in [0.25, 0.3) is 0 Å². The molecule has 1 unspecified atom stereocenters. The summed E-state index contributed by atoms with van der Waals surface area (Å²) in [4.78, 5) is 43.8. The maximum Gasteiger partial charge on any atom is 0.341 e. The molecule has 2 amide bonds. The number of carbonyl (C=O) groups is 3. The van der Waals surface area contributed by atoms with Crippen molar-refractivity contribution < 1.29 is 19.1 Å². The van der Waals surface area contributed by atoms with E-state index in [0.717, 1.165) is 10.4 Å². The van der Waals surface area contributed by atoms with Crippen LogP contribution in [0.4, 0.5) is 5.00 Å². The normalized spacial score (nSPS) is 21.3. The monoisotopic (exact) mass is 373 g/mol. The van der Waals surface area contributed by atoms with Crippen molar-refractivity contribution >= 4 is 40.0 Å². The van der Waals surface area contributed by atoms with E-state index >= 15 is 0 Å². The van der Waals surface area contributed by atoms with Crippen LogP contribution in [0.5, 0.6) is 0 Å². The van der Waals surface area contributed by atoms with Crippen molar-refractivity contribution in [2.24, 2.45) is 4.99 Å². The Kier molecular flexibility index (Phi) is 4.53. The van der Waals surface area contributed by atoms with Gasteiger partial charge in [0.25, 0.3) is 11.8 Å². The fraction of sp³-hybridized carbons (Fsp3) is 0.333. The van der Waals surface area contributed by atoms with E-state index in [9.17, 15) is 14.4 Å². The lowest BCUT2D eigenvalue weighted by atomic mass is 9.91. The van der Waals surface area contributed by atoms with Gasteiger partial charge in [0.05, 0.1) is 19.1 Å². The lowest BCUT2D eigenvalue weighted by Gasteiger charge is -2.41. The van der Waals surface area contributed by atoms with Gasteiger partial charge in [-0.25, -0.2) is 4.79 Å². The van der Waals surface area contributed by atoms with Crippen LogP contribution in [0, 0.1) is 13.8 Å². The van der Waals surface area contributed by atoms with Crippen molar-refractivity contribution in [3.8, 4) is 0 Å². The number of amidine groups is 1. The van der Waals surface area contributed by atoms with Gasteiger partial charge >= 0.3 is 5.97 Å². The minimum absolute atomic E-state index is 0.0581. The van der Waals surface area contributed by atoms with Gasteiger partial charge in [-0.3, -0.25) is 9.59 Å². The van der Waals surface area contributed by atoms with Gasteiger partial charge in [0.15, 0.2) is 0 Å². The average molecular weight is 373 g/mol. The Morgan fingerprint density at radius 2 is 2.08 bits per heavy atom. The summed E-state index contributed by atoms with van der Waals surface area (Å²) < 4.78 is 4.84. The number of aryl methyl sites for hydroxylation is 1. The number of nitrogens with zero attached hydrogens (tertiary/aromatic N) is 2. The number of nitrogens with one attached hydrogen (secondary N) is 1. The first-order chi connectivity index (χ1) is 12.3. The number of anilines is 1. The van der Waals surface area contributed by atoms with Crippen molar-refractivity contribution in [2.45, 2.75) is 32.7 Å². The van der Waals surface area contributed by atoms with Gasteiger partial charge in [0.1, 0.15) is 16.4 Å². The molecular weight excluding hydrogens is 354 g/mol. The van der Waals surface area contributed by atoms with Gasteiger partial charge in [-0.15, -0.1) is 11.3 Å². The summed E-state index contributed by atoms with van der Waals surface area (Å²) >= 11 is 1.31. The molecule has 7 nitrogen and oxygen atoms in total. The van der Waals surface area contributed by atoms with Crippen molar-refractivity contribution in [2.75, 3.05) is 12.4 Å². The quantitative estimate of drug-likeness (QED) is 0.823. The number of thiophene rings is 1. The molecule has 1 aromatic rings. The molecule has 0 fully saturated rings. The topological polar surface area (TPSA) is 88.1 Å². The molecule has 2 aliphatic rings. The third-order valence-corrected chi connectivity index (χ3v) is 5.72. The number of hydrogen-bond donors (Lipinski definition) is 1. The van der Waals surface area contributed by atoms with Crippen LogP contribution in [0.15, 0.2) is 29.4 Å². The number of fused-ring (bicyclic) bond motifs is 1. The summed E-state index contributed by atoms with van der Waals surface area (Å²) in [6.45, 7) is 5.36. The molecule has 0 saturated heterocycles. The Labute approximate surface area is 155 Å². The van der Waals surface area contributed by atoms with E-state index in [1.165, 1.54) is 18.4 Å². The minimum Gasteiger partial charge on any atom is -0.465 e. The Hall–Kier alpha value is -2.74. The van der Waals surface area contributed by atoms with E-state index in [1.807, 2.05) is 13.8 Å². The number of allylic oxidation sites excluding steroid dienone is 2. The third-order valence-electron chi connectivity index (χ3n) is 4.60. The number of amides is 2. The second-order valence-electron chi connectivity index (χ2n) is 6.32. The fourth-order valence-corrected chi connectivity index (χ4v) is 4.02. The van der Waals surface area contributed by atoms with Crippen molar-refractivity contribution in [3.05, 3.63) is 40.4 Å². The summed E-state index contributed by atoms with van der Waals surface area (Å²) in [5, 5.41) is 3.25. The molecule has 0 spiro atoms. The molecule has 3 rings (SSSR count). The zero-order chi connectivity index (χ0) is 19.1. The lowest BCUT2D eigenvalue weighted by molar-refractivity contribution is -0.130. The molecule has 1 N–H and O–H groups in total. The molecule has 0 aliphatic carbocycles. The van der Waals surface area contributed by atoms with E-state index in [4.69, 9.17) is 4.74 Å². The van der Waals surface area contributed by atoms with E-state index in [1.54, 1.807) is 36.3 Å². The highest BCUT2D eigenvalue weighted by atomic mass is 32.1. The Bertz CT molecular complexity index is 896. The molecule has 136 valence electrons. The Balaban J connectivity index is 1.96. The van der Waals surface area contributed by atoms with Gasteiger partial charge in [-0.1, -0.05) is 6.08 Å². The van der Waals surface area contributed by atoms with Crippen molar-refractivity contribution in [1.82, 2.24) is 4.90 Å². The number of rotatable bonds is 3. The van der Waals surface area contributed by atoms with Gasteiger partial charge in [0, 0.05) is 11.1 Å². The summed E-state index contributed by atoms with van der Waals surface area (Å²) in [6, 6.07) is 0. The third kappa shape index (κ3) is 2.86. The van der Waals surface area contributed by atoms with Gasteiger partial charge in [-0.05, 0) is 38.5 Å². The molecule has 8 heteroatoms.